The fourth-order valence-electron chi connectivity index (χ4n) is 3.05. The normalized spacial score (nSPS) is 11.7. The quantitative estimate of drug-likeness (QED) is 0.418. The first-order valence-electron chi connectivity index (χ1n) is 7.21. The summed E-state index contributed by atoms with van der Waals surface area (Å²) in [5.41, 5.74) is 2.13. The van der Waals surface area contributed by atoms with Gasteiger partial charge in [-0.25, -0.2) is 0 Å². The second-order valence-electron chi connectivity index (χ2n) is 5.58. The van der Waals surface area contributed by atoms with Crippen LogP contribution in [0.5, 0.6) is 0 Å². The largest absolute Gasteiger partial charge is 0.348 e. The molecule has 2 heterocycles. The topological polar surface area (TPSA) is 9.86 Å². The van der Waals surface area contributed by atoms with Crippen molar-refractivity contribution in [3.8, 4) is 0 Å². The Morgan fingerprint density at radius 1 is 0.739 bits per heavy atom. The highest BCUT2D eigenvalue weighted by Gasteiger charge is 2.14. The highest BCUT2D eigenvalue weighted by molar-refractivity contribution is 7.99. The van der Waals surface area contributed by atoms with Crippen molar-refractivity contribution in [2.75, 3.05) is 0 Å². The molecule has 4 aromatic rings. The Balaban J connectivity index is 1.90. The first kappa shape index (κ1) is 15.0. The molecule has 4 rings (SSSR count). The first-order chi connectivity index (χ1) is 11.1. The molecule has 2 aromatic heterocycles. The van der Waals surface area contributed by atoms with E-state index >= 15 is 0 Å². The number of hydrogen-bond acceptors (Lipinski definition) is 1. The first-order valence-corrected chi connectivity index (χ1v) is 8.78. The lowest BCUT2D eigenvalue weighted by atomic mass is 10.2. The zero-order valence-corrected chi connectivity index (χ0v) is 15.0. The molecule has 0 aliphatic rings. The van der Waals surface area contributed by atoms with Gasteiger partial charge in [0.05, 0.1) is 21.1 Å². The summed E-state index contributed by atoms with van der Waals surface area (Å²) in [5, 5.41) is 3.89. The van der Waals surface area contributed by atoms with Crippen LogP contribution in [0.15, 0.2) is 58.6 Å². The summed E-state index contributed by atoms with van der Waals surface area (Å²) in [5.74, 6) is 0. The summed E-state index contributed by atoms with van der Waals surface area (Å²) < 4.78 is 4.16. The number of fused-ring (bicyclic) bond motifs is 2. The van der Waals surface area contributed by atoms with Gasteiger partial charge in [-0.2, -0.15) is 0 Å². The van der Waals surface area contributed by atoms with Crippen molar-refractivity contribution in [2.24, 2.45) is 14.1 Å². The Morgan fingerprint density at radius 3 is 1.61 bits per heavy atom. The molecule has 2 aromatic carbocycles. The van der Waals surface area contributed by atoms with E-state index < -0.39 is 0 Å². The smallest absolute Gasteiger partial charge is 0.0678 e. The molecule has 0 amide bonds. The van der Waals surface area contributed by atoms with Crippen molar-refractivity contribution in [1.29, 1.82) is 0 Å². The molecule has 0 atom stereocenters. The zero-order valence-electron chi connectivity index (χ0n) is 12.7. The number of para-hydroxylation sites is 2. The number of hydrogen-bond donors (Lipinski definition) is 0. The fourth-order valence-corrected chi connectivity index (χ4v) is 4.87. The molecule has 0 unspecified atom stereocenters. The third-order valence-electron chi connectivity index (χ3n) is 4.05. The molecule has 0 radical (unpaired) electrons. The van der Waals surface area contributed by atoms with Crippen LogP contribution in [0.2, 0.25) is 10.0 Å². The van der Waals surface area contributed by atoms with Crippen molar-refractivity contribution >= 4 is 56.8 Å². The van der Waals surface area contributed by atoms with Crippen LogP contribution in [0.25, 0.3) is 21.8 Å². The molecule has 0 saturated heterocycles. The average molecular weight is 361 g/mol. The number of halogens is 2. The van der Waals surface area contributed by atoms with Gasteiger partial charge in [0, 0.05) is 47.1 Å². The highest BCUT2D eigenvalue weighted by atomic mass is 35.5. The lowest BCUT2D eigenvalue weighted by Gasteiger charge is -2.00. The minimum Gasteiger partial charge on any atom is -0.348 e. The molecule has 0 N–H and O–H groups in total. The predicted molar refractivity (Wildman–Crippen MR) is 100.0 cm³/mol. The number of rotatable bonds is 2. The van der Waals surface area contributed by atoms with E-state index in [-0.39, 0.29) is 0 Å². The lowest BCUT2D eigenvalue weighted by Crippen LogP contribution is -1.83. The summed E-state index contributed by atoms with van der Waals surface area (Å²) >= 11 is 14.4. The lowest BCUT2D eigenvalue weighted by molar-refractivity contribution is 0.954. The average Bonchev–Trinajstić information content (AvgIpc) is 3.00. The maximum absolute atomic E-state index is 6.35. The molecule has 5 heteroatoms. The Hall–Kier alpha value is -1.55. The van der Waals surface area contributed by atoms with Crippen molar-refractivity contribution in [1.82, 2.24) is 9.13 Å². The maximum Gasteiger partial charge on any atom is 0.0678 e. The van der Waals surface area contributed by atoms with E-state index in [1.165, 1.54) is 20.6 Å². The third-order valence-corrected chi connectivity index (χ3v) is 5.75. The molecule has 0 spiro atoms. The molecular weight excluding hydrogens is 347 g/mol. The third kappa shape index (κ3) is 2.35. The van der Waals surface area contributed by atoms with Gasteiger partial charge in [0.2, 0.25) is 0 Å². The Bertz CT molecular complexity index is 962. The zero-order chi connectivity index (χ0) is 16.1. The van der Waals surface area contributed by atoms with Crippen LogP contribution < -0.4 is 0 Å². The second-order valence-corrected chi connectivity index (χ2v) is 7.48. The molecule has 116 valence electrons. The van der Waals surface area contributed by atoms with Gasteiger partial charge in [0.1, 0.15) is 0 Å². The minimum absolute atomic E-state index is 0.776. The fraction of sp³-hybridized carbons (Fsp3) is 0.111. The summed E-state index contributed by atoms with van der Waals surface area (Å²) in [6.07, 6.45) is 4.26. The van der Waals surface area contributed by atoms with Crippen molar-refractivity contribution in [2.45, 2.75) is 9.79 Å². The monoisotopic (exact) mass is 360 g/mol. The Labute approximate surface area is 148 Å². The van der Waals surface area contributed by atoms with Gasteiger partial charge in [0.15, 0.2) is 0 Å². The molecule has 0 aliphatic heterocycles. The van der Waals surface area contributed by atoms with E-state index in [2.05, 4.69) is 33.7 Å². The van der Waals surface area contributed by atoms with E-state index in [9.17, 15) is 0 Å². The van der Waals surface area contributed by atoms with E-state index in [4.69, 9.17) is 23.2 Å². The molecule has 0 aliphatic carbocycles. The molecule has 0 bridgehead atoms. The summed E-state index contributed by atoms with van der Waals surface area (Å²) in [6.45, 7) is 0. The molecular formula is C18H14Cl2N2S. The van der Waals surface area contributed by atoms with E-state index in [1.807, 2.05) is 38.4 Å². The summed E-state index contributed by atoms with van der Waals surface area (Å²) in [7, 11) is 4.05. The van der Waals surface area contributed by atoms with Crippen LogP contribution >= 0.6 is 35.0 Å². The van der Waals surface area contributed by atoms with Gasteiger partial charge >= 0.3 is 0 Å². The molecule has 2 nitrogen and oxygen atoms in total. The van der Waals surface area contributed by atoms with Crippen LogP contribution in [0.3, 0.4) is 0 Å². The van der Waals surface area contributed by atoms with Crippen LogP contribution in [0.4, 0.5) is 0 Å². The van der Waals surface area contributed by atoms with Gasteiger partial charge in [-0.05, 0) is 12.1 Å². The number of nitrogens with zero attached hydrogens (tertiary/aromatic N) is 2. The molecule has 0 saturated carbocycles. The molecule has 23 heavy (non-hydrogen) atoms. The van der Waals surface area contributed by atoms with Crippen molar-refractivity contribution in [3.05, 3.63) is 58.8 Å². The number of benzene rings is 2. The van der Waals surface area contributed by atoms with Gasteiger partial charge in [-0.1, -0.05) is 59.2 Å². The second kappa shape index (κ2) is 5.52. The van der Waals surface area contributed by atoms with Crippen LogP contribution in [-0.4, -0.2) is 9.13 Å². The van der Waals surface area contributed by atoms with Crippen molar-refractivity contribution in [3.63, 3.8) is 0 Å². The van der Waals surface area contributed by atoms with Gasteiger partial charge < -0.3 is 9.13 Å². The SMILES string of the molecule is Cn1cc(Sc2cn(C)c3c(Cl)cccc23)c2cccc(Cl)c21. The van der Waals surface area contributed by atoms with E-state index in [0.717, 1.165) is 21.1 Å². The standard InChI is InChI=1S/C18H14Cl2N2S/c1-21-9-15(11-5-3-7-13(19)17(11)21)23-16-10-22(2)18-12(16)6-4-8-14(18)20/h3-10H,1-2H3. The van der Waals surface area contributed by atoms with Gasteiger partial charge in [0.25, 0.3) is 0 Å². The predicted octanol–water partition coefficient (Wildman–Crippen LogP) is 6.13. The van der Waals surface area contributed by atoms with E-state index in [0.29, 0.717) is 0 Å². The Morgan fingerprint density at radius 2 is 1.17 bits per heavy atom. The summed E-state index contributed by atoms with van der Waals surface area (Å²) in [4.78, 5) is 2.38. The number of aromatic nitrogens is 2. The van der Waals surface area contributed by atoms with Crippen LogP contribution in [0.1, 0.15) is 0 Å². The van der Waals surface area contributed by atoms with Gasteiger partial charge in [-0.3, -0.25) is 0 Å². The van der Waals surface area contributed by atoms with Crippen LogP contribution in [0, 0.1) is 0 Å². The van der Waals surface area contributed by atoms with Crippen LogP contribution in [-0.2, 0) is 14.1 Å². The summed E-state index contributed by atoms with van der Waals surface area (Å²) in [6, 6.07) is 12.1. The highest BCUT2D eigenvalue weighted by Crippen LogP contribution is 2.41. The van der Waals surface area contributed by atoms with Crippen molar-refractivity contribution < 1.29 is 0 Å². The van der Waals surface area contributed by atoms with Gasteiger partial charge in [-0.15, -0.1) is 0 Å². The minimum atomic E-state index is 0.776. The number of aryl methyl sites for hydroxylation is 2. The van der Waals surface area contributed by atoms with E-state index in [1.54, 1.807) is 11.8 Å². The molecule has 0 fully saturated rings. The maximum atomic E-state index is 6.35. The Kier molecular flexibility index (Phi) is 3.60.